The summed E-state index contributed by atoms with van der Waals surface area (Å²) < 4.78 is 1.48. The van der Waals surface area contributed by atoms with Crippen LogP contribution in [0.1, 0.15) is 0 Å². The molecule has 19 heavy (non-hydrogen) atoms. The number of aromatic amines is 1. The number of tetrazole rings is 1. The van der Waals surface area contributed by atoms with E-state index in [2.05, 4.69) is 25.5 Å². The zero-order chi connectivity index (χ0) is 13.2. The molecule has 0 aliphatic rings. The lowest BCUT2D eigenvalue weighted by atomic mass is 10.1. The highest BCUT2D eigenvalue weighted by atomic mass is 35.5. The van der Waals surface area contributed by atoms with Crippen LogP contribution < -0.4 is 5.56 Å². The van der Waals surface area contributed by atoms with Crippen LogP contribution >= 0.6 is 11.6 Å². The number of rotatable bonds is 2. The first-order valence-corrected chi connectivity index (χ1v) is 5.70. The number of nitrogens with one attached hydrogen (secondary N) is 1. The number of benzene rings is 1. The maximum atomic E-state index is 11.4. The molecule has 0 amide bonds. The minimum Gasteiger partial charge on any atom is -0.313 e. The second-order valence-corrected chi connectivity index (χ2v) is 4.15. The van der Waals surface area contributed by atoms with Gasteiger partial charge in [-0.15, -0.1) is 5.10 Å². The number of H-pyrrole nitrogens is 1. The highest BCUT2D eigenvalue weighted by Crippen LogP contribution is 2.26. The van der Waals surface area contributed by atoms with Crippen molar-refractivity contribution in [1.29, 1.82) is 0 Å². The van der Waals surface area contributed by atoms with Crippen molar-refractivity contribution in [3.8, 4) is 16.9 Å². The summed E-state index contributed by atoms with van der Waals surface area (Å²) in [6, 6.07) is 6.58. The standard InChI is InChI=1S/C11H7ClN6O/c12-7-1-2-10(18-6-15-16-17-18)8(3-7)9-4-11(19)14-5-13-9/h1-6H,(H,13,14,19). The Hall–Kier alpha value is -2.54. The summed E-state index contributed by atoms with van der Waals surface area (Å²) in [5.74, 6) is 0. The van der Waals surface area contributed by atoms with Crippen LogP contribution in [0.2, 0.25) is 5.02 Å². The van der Waals surface area contributed by atoms with Crippen molar-refractivity contribution in [3.05, 3.63) is 52.3 Å². The van der Waals surface area contributed by atoms with Crippen LogP contribution in [-0.2, 0) is 0 Å². The maximum absolute atomic E-state index is 11.4. The van der Waals surface area contributed by atoms with Crippen molar-refractivity contribution < 1.29 is 0 Å². The van der Waals surface area contributed by atoms with Gasteiger partial charge in [-0.25, -0.2) is 4.98 Å². The minimum atomic E-state index is -0.243. The molecule has 1 aromatic carbocycles. The lowest BCUT2D eigenvalue weighted by Crippen LogP contribution is -2.06. The Bertz CT molecular complexity index is 767. The van der Waals surface area contributed by atoms with Gasteiger partial charge >= 0.3 is 0 Å². The van der Waals surface area contributed by atoms with Crippen molar-refractivity contribution in [2.24, 2.45) is 0 Å². The van der Waals surface area contributed by atoms with E-state index in [4.69, 9.17) is 11.6 Å². The van der Waals surface area contributed by atoms with Crippen LogP contribution in [0, 0.1) is 0 Å². The summed E-state index contributed by atoms with van der Waals surface area (Å²) in [6.07, 6.45) is 2.79. The van der Waals surface area contributed by atoms with Crippen LogP contribution in [0.15, 0.2) is 41.7 Å². The molecule has 0 unspecified atom stereocenters. The van der Waals surface area contributed by atoms with Crippen molar-refractivity contribution in [2.75, 3.05) is 0 Å². The first-order chi connectivity index (χ1) is 9.24. The first-order valence-electron chi connectivity index (χ1n) is 5.32. The van der Waals surface area contributed by atoms with Gasteiger partial charge in [0.1, 0.15) is 6.33 Å². The molecule has 0 bridgehead atoms. The van der Waals surface area contributed by atoms with E-state index < -0.39 is 0 Å². The van der Waals surface area contributed by atoms with Gasteiger partial charge in [-0.05, 0) is 28.6 Å². The molecule has 2 aromatic heterocycles. The van der Waals surface area contributed by atoms with Crippen molar-refractivity contribution >= 4 is 11.6 Å². The van der Waals surface area contributed by atoms with Crippen LogP contribution in [0.25, 0.3) is 16.9 Å². The molecular weight excluding hydrogens is 268 g/mol. The van der Waals surface area contributed by atoms with Gasteiger partial charge in [-0.3, -0.25) is 4.79 Å². The SMILES string of the molecule is O=c1cc(-c2cc(Cl)ccc2-n2cnnn2)nc[nH]1. The van der Waals surface area contributed by atoms with Gasteiger partial charge in [0.25, 0.3) is 5.56 Å². The van der Waals surface area contributed by atoms with E-state index in [0.29, 0.717) is 22.0 Å². The highest BCUT2D eigenvalue weighted by Gasteiger charge is 2.10. The first kappa shape index (κ1) is 11.5. The number of nitrogens with zero attached hydrogens (tertiary/aromatic N) is 5. The minimum absolute atomic E-state index is 0.243. The van der Waals surface area contributed by atoms with Gasteiger partial charge in [0.05, 0.1) is 17.7 Å². The quantitative estimate of drug-likeness (QED) is 0.755. The zero-order valence-electron chi connectivity index (χ0n) is 9.49. The Morgan fingerprint density at radius 2 is 2.16 bits per heavy atom. The Morgan fingerprint density at radius 3 is 2.89 bits per heavy atom. The topological polar surface area (TPSA) is 89.3 Å². The molecule has 1 N–H and O–H groups in total. The van der Waals surface area contributed by atoms with Crippen LogP contribution in [0.5, 0.6) is 0 Å². The van der Waals surface area contributed by atoms with Gasteiger partial charge < -0.3 is 4.98 Å². The van der Waals surface area contributed by atoms with E-state index in [1.54, 1.807) is 18.2 Å². The van der Waals surface area contributed by atoms with Gasteiger partial charge in [0.15, 0.2) is 0 Å². The van der Waals surface area contributed by atoms with Gasteiger partial charge in [-0.1, -0.05) is 11.6 Å². The van der Waals surface area contributed by atoms with E-state index in [-0.39, 0.29) is 5.56 Å². The molecule has 0 spiro atoms. The van der Waals surface area contributed by atoms with E-state index >= 15 is 0 Å². The molecule has 3 aromatic rings. The fraction of sp³-hybridized carbons (Fsp3) is 0. The summed E-state index contributed by atoms with van der Waals surface area (Å²) in [5.41, 5.74) is 1.61. The summed E-state index contributed by atoms with van der Waals surface area (Å²) in [5, 5.41) is 11.5. The van der Waals surface area contributed by atoms with E-state index in [9.17, 15) is 4.79 Å². The molecule has 8 heteroatoms. The Morgan fingerprint density at radius 1 is 1.26 bits per heavy atom. The number of aromatic nitrogens is 6. The molecule has 94 valence electrons. The van der Waals surface area contributed by atoms with Crippen LogP contribution in [-0.4, -0.2) is 30.2 Å². The molecule has 0 saturated carbocycles. The Balaban J connectivity index is 2.25. The molecule has 0 aliphatic carbocycles. The van der Waals surface area contributed by atoms with Crippen LogP contribution in [0.3, 0.4) is 0 Å². The van der Waals surface area contributed by atoms with Crippen molar-refractivity contribution in [2.45, 2.75) is 0 Å². The van der Waals surface area contributed by atoms with Crippen molar-refractivity contribution in [1.82, 2.24) is 30.2 Å². The fourth-order valence-electron chi connectivity index (χ4n) is 1.70. The molecule has 0 saturated heterocycles. The molecule has 0 aliphatic heterocycles. The maximum Gasteiger partial charge on any atom is 0.251 e. The largest absolute Gasteiger partial charge is 0.313 e. The summed E-state index contributed by atoms with van der Waals surface area (Å²) in [6.45, 7) is 0. The van der Waals surface area contributed by atoms with E-state index in [1.807, 2.05) is 0 Å². The predicted octanol–water partition coefficient (Wildman–Crippen LogP) is 1.07. The smallest absolute Gasteiger partial charge is 0.251 e. The molecule has 3 rings (SSSR count). The summed E-state index contributed by atoms with van der Waals surface area (Å²) >= 11 is 5.99. The average Bonchev–Trinajstić information content (AvgIpc) is 2.92. The monoisotopic (exact) mass is 274 g/mol. The van der Waals surface area contributed by atoms with E-state index in [0.717, 1.165) is 0 Å². The second-order valence-electron chi connectivity index (χ2n) is 3.71. The highest BCUT2D eigenvalue weighted by molar-refractivity contribution is 6.31. The molecule has 2 heterocycles. The molecule has 0 atom stereocenters. The van der Waals surface area contributed by atoms with Gasteiger partial charge in [0.2, 0.25) is 0 Å². The summed E-state index contributed by atoms with van der Waals surface area (Å²) in [7, 11) is 0. The predicted molar refractivity (Wildman–Crippen MR) is 68.0 cm³/mol. The normalized spacial score (nSPS) is 10.6. The lowest BCUT2D eigenvalue weighted by molar-refractivity contribution is 0.790. The van der Waals surface area contributed by atoms with Crippen LogP contribution in [0.4, 0.5) is 0 Å². The Labute approximate surface area is 111 Å². The summed E-state index contributed by atoms with van der Waals surface area (Å²) in [4.78, 5) is 18.0. The third kappa shape index (κ3) is 2.23. The number of halogens is 1. The molecule has 0 fully saturated rings. The number of hydrogen-bond donors (Lipinski definition) is 1. The van der Waals surface area contributed by atoms with Gasteiger partial charge in [0, 0.05) is 16.7 Å². The zero-order valence-corrected chi connectivity index (χ0v) is 10.2. The molecule has 0 radical (unpaired) electrons. The third-order valence-electron chi connectivity index (χ3n) is 2.51. The van der Waals surface area contributed by atoms with E-state index in [1.165, 1.54) is 23.4 Å². The average molecular weight is 275 g/mol. The molecule has 7 nitrogen and oxygen atoms in total. The second kappa shape index (κ2) is 4.62. The Kier molecular flexibility index (Phi) is 2.81. The third-order valence-corrected chi connectivity index (χ3v) is 2.74. The van der Waals surface area contributed by atoms with Gasteiger partial charge in [-0.2, -0.15) is 4.68 Å². The number of hydrogen-bond acceptors (Lipinski definition) is 5. The molecular formula is C11H7ClN6O. The lowest BCUT2D eigenvalue weighted by Gasteiger charge is -2.08. The fourth-order valence-corrected chi connectivity index (χ4v) is 1.87. The van der Waals surface area contributed by atoms with Crippen molar-refractivity contribution in [3.63, 3.8) is 0 Å².